The quantitative estimate of drug-likeness (QED) is 0.774. The minimum atomic E-state index is -0.220. The fraction of sp³-hybridized carbons (Fsp3) is 0.368. The molecule has 7 nitrogen and oxygen atoms in total. The summed E-state index contributed by atoms with van der Waals surface area (Å²) in [4.78, 5) is 17.2. The number of hydrogen-bond acceptors (Lipinski definition) is 5. The van der Waals surface area contributed by atoms with Gasteiger partial charge in [0.15, 0.2) is 0 Å². The van der Waals surface area contributed by atoms with Gasteiger partial charge < -0.3 is 4.52 Å². The zero-order valence-electron chi connectivity index (χ0n) is 15.5. The summed E-state index contributed by atoms with van der Waals surface area (Å²) in [6.45, 7) is 9.74. The van der Waals surface area contributed by atoms with E-state index in [-0.39, 0.29) is 17.2 Å². The molecule has 0 saturated carbocycles. The van der Waals surface area contributed by atoms with Crippen LogP contribution in [0.2, 0.25) is 0 Å². The number of aryl methyl sites for hydroxylation is 1. The number of aromatic nitrogens is 3. The van der Waals surface area contributed by atoms with Crippen molar-refractivity contribution >= 4 is 22.9 Å². The maximum Gasteiger partial charge on any atom is 0.238 e. The Morgan fingerprint density at radius 3 is 2.65 bits per heavy atom. The molecule has 1 N–H and O–H groups in total. The summed E-state index contributed by atoms with van der Waals surface area (Å²) in [5.41, 5.74) is 2.34. The number of amides is 1. The van der Waals surface area contributed by atoms with Gasteiger partial charge in [0, 0.05) is 12.0 Å². The average Bonchev–Trinajstić information content (AvgIpc) is 3.15. The van der Waals surface area contributed by atoms with Crippen LogP contribution in [-0.4, -0.2) is 20.6 Å². The SMILES string of the molecule is Cc1cc(-n2c(NC(=O)C(C)C(C)(C)C)nc3ccc(C#N)cc32)on1. The highest BCUT2D eigenvalue weighted by Gasteiger charge is 2.28. The smallest absolute Gasteiger partial charge is 0.238 e. The van der Waals surface area contributed by atoms with Crippen molar-refractivity contribution in [1.29, 1.82) is 5.26 Å². The highest BCUT2D eigenvalue weighted by molar-refractivity contribution is 5.94. The van der Waals surface area contributed by atoms with E-state index in [9.17, 15) is 10.1 Å². The molecule has 0 aliphatic heterocycles. The predicted octanol–water partition coefficient (Wildman–Crippen LogP) is 3.81. The van der Waals surface area contributed by atoms with Gasteiger partial charge in [0.2, 0.25) is 17.7 Å². The van der Waals surface area contributed by atoms with Crippen molar-refractivity contribution in [2.45, 2.75) is 34.6 Å². The Morgan fingerprint density at radius 2 is 2.08 bits per heavy atom. The van der Waals surface area contributed by atoms with Crippen LogP contribution in [0, 0.1) is 29.6 Å². The summed E-state index contributed by atoms with van der Waals surface area (Å²) in [5, 5.41) is 16.0. The second-order valence-corrected chi connectivity index (χ2v) is 7.47. The first-order valence-corrected chi connectivity index (χ1v) is 8.38. The van der Waals surface area contributed by atoms with Gasteiger partial charge in [-0.05, 0) is 30.5 Å². The van der Waals surface area contributed by atoms with Gasteiger partial charge in [-0.3, -0.25) is 10.1 Å². The van der Waals surface area contributed by atoms with Gasteiger partial charge in [0.1, 0.15) is 0 Å². The Balaban J connectivity index is 2.13. The van der Waals surface area contributed by atoms with Crippen molar-refractivity contribution < 1.29 is 9.32 Å². The number of hydrogen-bond donors (Lipinski definition) is 1. The number of rotatable bonds is 3. The fourth-order valence-corrected chi connectivity index (χ4v) is 2.52. The van der Waals surface area contributed by atoms with E-state index in [1.807, 2.05) is 34.6 Å². The van der Waals surface area contributed by atoms with E-state index in [4.69, 9.17) is 4.52 Å². The molecule has 7 heteroatoms. The van der Waals surface area contributed by atoms with Crippen LogP contribution in [-0.2, 0) is 4.79 Å². The molecule has 0 saturated heterocycles. The third kappa shape index (κ3) is 3.18. The minimum absolute atomic E-state index is 0.134. The Bertz CT molecular complexity index is 1020. The van der Waals surface area contributed by atoms with Crippen molar-refractivity contribution in [2.24, 2.45) is 11.3 Å². The maximum absolute atomic E-state index is 12.7. The minimum Gasteiger partial charge on any atom is -0.338 e. The standard InChI is InChI=1S/C19H21N5O2/c1-11-8-16(26-23-11)24-15-9-13(10-20)6-7-14(15)21-18(24)22-17(25)12(2)19(3,4)5/h6-9,12H,1-5H3,(H,21,22,25). The van der Waals surface area contributed by atoms with Crippen LogP contribution in [0.15, 0.2) is 28.8 Å². The second kappa shape index (κ2) is 6.30. The first-order valence-electron chi connectivity index (χ1n) is 8.38. The van der Waals surface area contributed by atoms with E-state index in [0.717, 1.165) is 0 Å². The van der Waals surface area contributed by atoms with Gasteiger partial charge in [0.25, 0.3) is 0 Å². The first-order chi connectivity index (χ1) is 12.2. The lowest BCUT2D eigenvalue weighted by Gasteiger charge is -2.25. The molecule has 2 aromatic heterocycles. The molecule has 0 bridgehead atoms. The fourth-order valence-electron chi connectivity index (χ4n) is 2.52. The molecular formula is C19H21N5O2. The molecule has 134 valence electrons. The van der Waals surface area contributed by atoms with Crippen LogP contribution in [0.3, 0.4) is 0 Å². The highest BCUT2D eigenvalue weighted by atomic mass is 16.5. The Hall–Kier alpha value is -3.14. The van der Waals surface area contributed by atoms with E-state index in [2.05, 4.69) is 21.5 Å². The highest BCUT2D eigenvalue weighted by Crippen LogP contribution is 2.29. The molecule has 0 fully saturated rings. The molecule has 1 amide bonds. The summed E-state index contributed by atoms with van der Waals surface area (Å²) in [7, 11) is 0. The number of anilines is 1. The third-order valence-corrected chi connectivity index (χ3v) is 4.55. The molecule has 26 heavy (non-hydrogen) atoms. The normalized spacial score (nSPS) is 12.8. The zero-order chi connectivity index (χ0) is 19.1. The monoisotopic (exact) mass is 351 g/mol. The first kappa shape index (κ1) is 17.7. The van der Waals surface area contributed by atoms with Crippen molar-refractivity contribution in [1.82, 2.24) is 14.7 Å². The average molecular weight is 351 g/mol. The number of imidazole rings is 1. The van der Waals surface area contributed by atoms with Gasteiger partial charge in [-0.1, -0.05) is 32.9 Å². The lowest BCUT2D eigenvalue weighted by Crippen LogP contribution is -2.31. The number of carbonyl (C=O) groups excluding carboxylic acids is 1. The summed E-state index contributed by atoms with van der Waals surface area (Å²) >= 11 is 0. The number of carbonyl (C=O) groups is 1. The van der Waals surface area contributed by atoms with E-state index < -0.39 is 0 Å². The summed E-state index contributed by atoms with van der Waals surface area (Å²) < 4.78 is 7.05. The van der Waals surface area contributed by atoms with Crippen LogP contribution in [0.4, 0.5) is 5.95 Å². The molecule has 1 unspecified atom stereocenters. The van der Waals surface area contributed by atoms with Crippen molar-refractivity contribution in [3.05, 3.63) is 35.5 Å². The molecule has 1 atom stereocenters. The van der Waals surface area contributed by atoms with E-state index >= 15 is 0 Å². The number of nitrogens with zero attached hydrogens (tertiary/aromatic N) is 4. The number of nitrogens with one attached hydrogen (secondary N) is 1. The summed E-state index contributed by atoms with van der Waals surface area (Å²) in [6.07, 6.45) is 0. The Morgan fingerprint density at radius 1 is 1.35 bits per heavy atom. The van der Waals surface area contributed by atoms with Gasteiger partial charge in [-0.15, -0.1) is 0 Å². The third-order valence-electron chi connectivity index (χ3n) is 4.55. The number of nitriles is 1. The lowest BCUT2D eigenvalue weighted by atomic mass is 9.81. The molecule has 1 aromatic carbocycles. The molecule has 3 rings (SSSR count). The van der Waals surface area contributed by atoms with Gasteiger partial charge in [-0.2, -0.15) is 5.26 Å². The molecule has 0 spiro atoms. The lowest BCUT2D eigenvalue weighted by molar-refractivity contribution is -0.122. The van der Waals surface area contributed by atoms with Crippen LogP contribution < -0.4 is 5.32 Å². The molecule has 2 heterocycles. The molecule has 0 radical (unpaired) electrons. The second-order valence-electron chi connectivity index (χ2n) is 7.47. The van der Waals surface area contributed by atoms with Crippen LogP contribution >= 0.6 is 0 Å². The Kier molecular flexibility index (Phi) is 4.28. The molecule has 3 aromatic rings. The van der Waals surface area contributed by atoms with Crippen LogP contribution in [0.1, 0.15) is 39.0 Å². The van der Waals surface area contributed by atoms with E-state index in [1.54, 1.807) is 28.8 Å². The number of benzene rings is 1. The van der Waals surface area contributed by atoms with E-state index in [0.29, 0.717) is 34.1 Å². The van der Waals surface area contributed by atoms with Crippen molar-refractivity contribution in [3.8, 4) is 12.0 Å². The van der Waals surface area contributed by atoms with Gasteiger partial charge >= 0.3 is 0 Å². The van der Waals surface area contributed by atoms with Crippen molar-refractivity contribution in [3.63, 3.8) is 0 Å². The predicted molar refractivity (Wildman–Crippen MR) is 97.8 cm³/mol. The van der Waals surface area contributed by atoms with Gasteiger partial charge in [-0.25, -0.2) is 9.55 Å². The summed E-state index contributed by atoms with van der Waals surface area (Å²) in [5.74, 6) is 0.416. The molecule has 0 aliphatic rings. The Labute approximate surface area is 151 Å². The van der Waals surface area contributed by atoms with Crippen molar-refractivity contribution in [2.75, 3.05) is 5.32 Å². The summed E-state index contributed by atoms with van der Waals surface area (Å²) in [6, 6.07) is 9.02. The number of fused-ring (bicyclic) bond motifs is 1. The van der Waals surface area contributed by atoms with Crippen LogP contribution in [0.25, 0.3) is 16.9 Å². The zero-order valence-corrected chi connectivity index (χ0v) is 15.5. The van der Waals surface area contributed by atoms with Crippen LogP contribution in [0.5, 0.6) is 0 Å². The maximum atomic E-state index is 12.7. The van der Waals surface area contributed by atoms with E-state index in [1.165, 1.54) is 0 Å². The topological polar surface area (TPSA) is 96.7 Å². The van der Waals surface area contributed by atoms with Gasteiger partial charge in [0.05, 0.1) is 28.4 Å². The molecule has 0 aliphatic carbocycles. The molecular weight excluding hydrogens is 330 g/mol. The largest absolute Gasteiger partial charge is 0.338 e.